The molecule has 0 spiro atoms. The Balaban J connectivity index is 2.20. The van der Waals surface area contributed by atoms with Gasteiger partial charge in [0, 0.05) is 5.56 Å². The van der Waals surface area contributed by atoms with Gasteiger partial charge in [-0.3, -0.25) is 0 Å². The normalized spacial score (nSPS) is 10.2. The molecular formula is C16H11N3O3S. The smallest absolute Gasteiger partial charge is 0.339 e. The van der Waals surface area contributed by atoms with Crippen molar-refractivity contribution in [2.24, 2.45) is 10.1 Å². The van der Waals surface area contributed by atoms with Crippen molar-refractivity contribution in [2.45, 2.75) is 0 Å². The maximum atomic E-state index is 11.8. The lowest BCUT2D eigenvalue weighted by molar-refractivity contribution is 0.0557. The van der Waals surface area contributed by atoms with Crippen LogP contribution in [0, 0.1) is 17.9 Å². The third-order valence-corrected chi connectivity index (χ3v) is 2.89. The first-order valence-electron chi connectivity index (χ1n) is 6.40. The summed E-state index contributed by atoms with van der Waals surface area (Å²) in [6, 6.07) is 10.2. The molecule has 23 heavy (non-hydrogen) atoms. The molecule has 0 aliphatic rings. The molecule has 0 saturated heterocycles. The number of aliphatic imine (C=N–C) groups is 1. The summed E-state index contributed by atoms with van der Waals surface area (Å²) in [4.78, 5) is 15.6. The van der Waals surface area contributed by atoms with Crippen LogP contribution in [0.25, 0.3) is 11.3 Å². The van der Waals surface area contributed by atoms with Crippen molar-refractivity contribution >= 4 is 29.5 Å². The number of carbonyl (C=O) groups is 1. The highest BCUT2D eigenvalue weighted by Gasteiger charge is 2.10. The summed E-state index contributed by atoms with van der Waals surface area (Å²) in [5.74, 6) is 2.74. The second kappa shape index (κ2) is 7.77. The fourth-order valence-electron chi connectivity index (χ4n) is 1.72. The fourth-order valence-corrected chi connectivity index (χ4v) is 1.77. The molecular weight excluding hydrogens is 314 g/mol. The van der Waals surface area contributed by atoms with E-state index in [9.17, 15) is 4.79 Å². The monoisotopic (exact) mass is 325 g/mol. The van der Waals surface area contributed by atoms with Crippen molar-refractivity contribution in [3.63, 3.8) is 0 Å². The number of hydrogen-bond acceptors (Lipinski definition) is 5. The molecule has 0 saturated carbocycles. The summed E-state index contributed by atoms with van der Waals surface area (Å²) in [5.41, 5.74) is 7.78. The van der Waals surface area contributed by atoms with Gasteiger partial charge in [0.2, 0.25) is 5.11 Å². The summed E-state index contributed by atoms with van der Waals surface area (Å²) in [7, 11) is 0. The Labute approximate surface area is 137 Å². The topological polar surface area (TPSA) is 88.0 Å². The van der Waals surface area contributed by atoms with Crippen molar-refractivity contribution < 1.29 is 13.9 Å². The van der Waals surface area contributed by atoms with Gasteiger partial charge in [-0.1, -0.05) is 18.1 Å². The third kappa shape index (κ3) is 4.43. The van der Waals surface area contributed by atoms with E-state index in [2.05, 4.69) is 28.2 Å². The van der Waals surface area contributed by atoms with E-state index in [0.717, 1.165) is 0 Å². The highest BCUT2D eigenvalue weighted by molar-refractivity contribution is 7.80. The van der Waals surface area contributed by atoms with Gasteiger partial charge in [-0.05, 0) is 36.5 Å². The Hall–Kier alpha value is -3.11. The zero-order valence-electron chi connectivity index (χ0n) is 11.9. The first-order valence-corrected chi connectivity index (χ1v) is 6.81. The fraction of sp³-hybridized carbons (Fsp3) is 0.0625. The average Bonchev–Trinajstić information content (AvgIpc) is 3.06. The predicted octanol–water partition coefficient (Wildman–Crippen LogP) is 3.47. The molecule has 0 atom stereocenters. The minimum Gasteiger partial charge on any atom is -0.455 e. The van der Waals surface area contributed by atoms with Crippen molar-refractivity contribution in [3.05, 3.63) is 47.7 Å². The molecule has 0 radical (unpaired) electrons. The van der Waals surface area contributed by atoms with Gasteiger partial charge in [0.1, 0.15) is 11.5 Å². The van der Waals surface area contributed by atoms with Crippen LogP contribution in [-0.2, 0) is 4.74 Å². The number of hydrogen-bond donors (Lipinski definition) is 1. The highest BCUT2D eigenvalue weighted by atomic mass is 32.1. The maximum absolute atomic E-state index is 11.8. The van der Waals surface area contributed by atoms with E-state index in [1.807, 2.05) is 0 Å². The lowest BCUT2D eigenvalue weighted by Gasteiger charge is -2.03. The third-order valence-electron chi connectivity index (χ3n) is 2.69. The van der Waals surface area contributed by atoms with Gasteiger partial charge in [-0.25, -0.2) is 15.3 Å². The van der Waals surface area contributed by atoms with Gasteiger partial charge in [-0.15, -0.1) is 11.5 Å². The number of thiocarbonyl (C=S) groups is 1. The van der Waals surface area contributed by atoms with Crippen LogP contribution < -0.4 is 0 Å². The molecule has 6 nitrogen and oxygen atoms in total. The van der Waals surface area contributed by atoms with E-state index in [0.29, 0.717) is 22.6 Å². The van der Waals surface area contributed by atoms with E-state index in [4.69, 9.17) is 21.1 Å². The SMILES string of the molecule is C#CCOC(=O)c1cccc(-c2ccc(C=NC(=S)N=N)o2)c1. The first kappa shape index (κ1) is 16.3. The molecule has 7 heteroatoms. The highest BCUT2D eigenvalue weighted by Crippen LogP contribution is 2.23. The van der Waals surface area contributed by atoms with Crippen molar-refractivity contribution in [1.29, 1.82) is 5.53 Å². The van der Waals surface area contributed by atoms with Gasteiger partial charge in [0.25, 0.3) is 0 Å². The van der Waals surface area contributed by atoms with Crippen LogP contribution in [0.1, 0.15) is 16.1 Å². The van der Waals surface area contributed by atoms with Crippen LogP contribution in [0.2, 0.25) is 0 Å². The zero-order valence-corrected chi connectivity index (χ0v) is 12.7. The number of terminal acetylenes is 1. The molecule has 0 fully saturated rings. The standard InChI is InChI=1S/C16H11N3O3S/c1-2-8-21-15(20)12-5-3-4-11(9-12)14-7-6-13(22-14)10-18-16(23)19-17/h1,3-7,9-10,17H,8H2. The maximum Gasteiger partial charge on any atom is 0.339 e. The molecule has 2 aromatic rings. The van der Waals surface area contributed by atoms with Crippen molar-refractivity contribution in [1.82, 2.24) is 0 Å². The molecule has 2 rings (SSSR count). The number of furan rings is 1. The molecule has 0 amide bonds. The van der Waals surface area contributed by atoms with Crippen LogP contribution in [0.15, 0.2) is 50.9 Å². The Bertz CT molecular complexity index is 818. The largest absolute Gasteiger partial charge is 0.455 e. The lowest BCUT2D eigenvalue weighted by atomic mass is 10.1. The molecule has 0 bridgehead atoms. The second-order valence-corrected chi connectivity index (χ2v) is 4.58. The summed E-state index contributed by atoms with van der Waals surface area (Å²) in [6.45, 7) is -0.0780. The lowest BCUT2D eigenvalue weighted by Crippen LogP contribution is -2.05. The summed E-state index contributed by atoms with van der Waals surface area (Å²) in [6.07, 6.45) is 6.43. The van der Waals surface area contributed by atoms with Gasteiger partial charge < -0.3 is 9.15 Å². The van der Waals surface area contributed by atoms with E-state index in [-0.39, 0.29) is 11.7 Å². The van der Waals surface area contributed by atoms with Crippen LogP contribution in [0.4, 0.5) is 0 Å². The molecule has 0 aliphatic heterocycles. The quantitative estimate of drug-likeness (QED) is 0.306. The molecule has 1 aromatic carbocycles. The molecule has 1 aromatic heterocycles. The van der Waals surface area contributed by atoms with Crippen molar-refractivity contribution in [3.8, 4) is 23.7 Å². The Morgan fingerprint density at radius 3 is 3.00 bits per heavy atom. The van der Waals surface area contributed by atoms with E-state index in [1.165, 1.54) is 6.21 Å². The number of esters is 1. The molecule has 1 heterocycles. The molecule has 0 unspecified atom stereocenters. The van der Waals surface area contributed by atoms with Crippen molar-refractivity contribution in [2.75, 3.05) is 6.61 Å². The van der Waals surface area contributed by atoms with E-state index >= 15 is 0 Å². The minimum absolute atomic E-state index is 0.0780. The number of nitrogens with zero attached hydrogens (tertiary/aromatic N) is 2. The summed E-state index contributed by atoms with van der Waals surface area (Å²) >= 11 is 4.68. The van der Waals surface area contributed by atoms with Crippen LogP contribution in [0.3, 0.4) is 0 Å². The second-order valence-electron chi connectivity index (χ2n) is 4.22. The zero-order chi connectivity index (χ0) is 16.7. The number of benzene rings is 1. The Kier molecular flexibility index (Phi) is 5.50. The Morgan fingerprint density at radius 2 is 2.26 bits per heavy atom. The van der Waals surface area contributed by atoms with Crippen LogP contribution >= 0.6 is 12.2 Å². The number of rotatable bonds is 4. The molecule has 1 N–H and O–H groups in total. The predicted molar refractivity (Wildman–Crippen MR) is 88.6 cm³/mol. The van der Waals surface area contributed by atoms with Gasteiger partial charge in [0.05, 0.1) is 11.8 Å². The summed E-state index contributed by atoms with van der Waals surface area (Å²) < 4.78 is 10.5. The first-order chi connectivity index (χ1) is 11.1. The van der Waals surface area contributed by atoms with E-state index < -0.39 is 5.97 Å². The average molecular weight is 325 g/mol. The van der Waals surface area contributed by atoms with E-state index in [1.54, 1.807) is 36.4 Å². The minimum atomic E-state index is -0.499. The van der Waals surface area contributed by atoms with Crippen LogP contribution in [-0.4, -0.2) is 23.9 Å². The Morgan fingerprint density at radius 1 is 1.43 bits per heavy atom. The summed E-state index contributed by atoms with van der Waals surface area (Å²) in [5, 5.41) is 2.90. The van der Waals surface area contributed by atoms with Gasteiger partial charge in [0.15, 0.2) is 6.61 Å². The molecule has 114 valence electrons. The van der Waals surface area contributed by atoms with Crippen LogP contribution in [0.5, 0.6) is 0 Å². The van der Waals surface area contributed by atoms with Gasteiger partial charge >= 0.3 is 5.97 Å². The molecule has 0 aliphatic carbocycles. The number of nitrogens with one attached hydrogen (secondary N) is 1. The number of carbonyl (C=O) groups excluding carboxylic acids is 1. The van der Waals surface area contributed by atoms with Gasteiger partial charge in [-0.2, -0.15) is 0 Å². The number of ether oxygens (including phenoxy) is 1.